The highest BCUT2D eigenvalue weighted by Gasteiger charge is 2.14. The number of ether oxygens (including phenoxy) is 4. The second kappa shape index (κ2) is 16.7. The third kappa shape index (κ3) is 11.6. The van der Waals surface area contributed by atoms with Crippen molar-refractivity contribution in [3.05, 3.63) is 29.8 Å². The van der Waals surface area contributed by atoms with E-state index in [0.29, 0.717) is 32.5 Å². The fourth-order valence-electron chi connectivity index (χ4n) is 2.82. The van der Waals surface area contributed by atoms with Gasteiger partial charge in [-0.3, -0.25) is 0 Å². The molecule has 1 aromatic carbocycles. The summed E-state index contributed by atoms with van der Waals surface area (Å²) in [7, 11) is 1.67. The molecule has 0 aliphatic carbocycles. The Kier molecular flexibility index (Phi) is 14.9. The normalized spacial score (nSPS) is 16.3. The molecule has 1 aliphatic rings. The topological polar surface area (TPSA) is 73.3 Å². The van der Waals surface area contributed by atoms with Crippen molar-refractivity contribution >= 4 is 29.9 Å². The molecule has 1 aromatic rings. The zero-order valence-corrected chi connectivity index (χ0v) is 20.0. The lowest BCUT2D eigenvalue weighted by Crippen LogP contribution is -2.38. The van der Waals surface area contributed by atoms with Gasteiger partial charge in [0, 0.05) is 33.4 Å². The van der Waals surface area contributed by atoms with Crippen LogP contribution in [-0.4, -0.2) is 65.3 Å². The van der Waals surface area contributed by atoms with Crippen LogP contribution in [0.4, 0.5) is 0 Å². The highest BCUT2D eigenvalue weighted by molar-refractivity contribution is 14.0. The monoisotopic (exact) mass is 521 g/mol. The molecule has 1 unspecified atom stereocenters. The predicted molar refractivity (Wildman–Crippen MR) is 126 cm³/mol. The first-order valence-corrected chi connectivity index (χ1v) is 10.2. The number of hydrogen-bond donors (Lipinski definition) is 2. The highest BCUT2D eigenvalue weighted by Crippen LogP contribution is 2.13. The van der Waals surface area contributed by atoms with Crippen molar-refractivity contribution in [2.24, 2.45) is 4.99 Å². The number of guanidine groups is 1. The van der Waals surface area contributed by atoms with Crippen molar-refractivity contribution in [3.8, 4) is 5.75 Å². The molecule has 0 saturated carbocycles. The lowest BCUT2D eigenvalue weighted by molar-refractivity contribution is 0.0168. The van der Waals surface area contributed by atoms with Crippen LogP contribution >= 0.6 is 24.0 Å². The predicted octanol–water partition coefficient (Wildman–Crippen LogP) is 2.97. The molecule has 0 spiro atoms. The van der Waals surface area contributed by atoms with Crippen LogP contribution < -0.4 is 15.4 Å². The minimum Gasteiger partial charge on any atom is -0.491 e. The van der Waals surface area contributed by atoms with Crippen LogP contribution in [0, 0.1) is 0 Å². The Bertz CT molecular complexity index is 551. The third-order valence-corrected chi connectivity index (χ3v) is 4.33. The van der Waals surface area contributed by atoms with E-state index in [9.17, 15) is 0 Å². The first-order valence-electron chi connectivity index (χ1n) is 10.2. The average molecular weight is 521 g/mol. The zero-order valence-electron chi connectivity index (χ0n) is 17.7. The van der Waals surface area contributed by atoms with E-state index in [1.165, 1.54) is 0 Å². The molecule has 166 valence electrons. The van der Waals surface area contributed by atoms with Gasteiger partial charge in [0.25, 0.3) is 0 Å². The van der Waals surface area contributed by atoms with E-state index in [4.69, 9.17) is 18.9 Å². The van der Waals surface area contributed by atoms with Gasteiger partial charge in [0.1, 0.15) is 12.4 Å². The van der Waals surface area contributed by atoms with Crippen molar-refractivity contribution in [2.75, 3.05) is 53.2 Å². The largest absolute Gasteiger partial charge is 0.491 e. The van der Waals surface area contributed by atoms with Gasteiger partial charge in [0.05, 0.1) is 25.9 Å². The van der Waals surface area contributed by atoms with Crippen molar-refractivity contribution in [1.29, 1.82) is 0 Å². The first kappa shape index (κ1) is 25.9. The van der Waals surface area contributed by atoms with Gasteiger partial charge in [-0.15, -0.1) is 24.0 Å². The molecule has 1 saturated heterocycles. The Morgan fingerprint density at radius 2 is 2.00 bits per heavy atom. The summed E-state index contributed by atoms with van der Waals surface area (Å²) in [5.74, 6) is 1.67. The number of rotatable bonds is 13. The summed E-state index contributed by atoms with van der Waals surface area (Å²) in [6, 6.07) is 8.00. The molecule has 2 N–H and O–H groups in total. The molecule has 1 fully saturated rings. The maximum absolute atomic E-state index is 5.69. The van der Waals surface area contributed by atoms with Crippen LogP contribution in [0.1, 0.15) is 31.7 Å². The molecule has 0 aromatic heterocycles. The molecule has 0 bridgehead atoms. The molecule has 8 heteroatoms. The summed E-state index contributed by atoms with van der Waals surface area (Å²) in [6.07, 6.45) is 3.51. The maximum atomic E-state index is 5.69. The molecule has 1 aliphatic heterocycles. The molecule has 2 rings (SSSR count). The fourth-order valence-corrected chi connectivity index (χ4v) is 2.82. The number of aliphatic imine (C=N–C) groups is 1. The Hall–Kier alpha value is -1.10. The van der Waals surface area contributed by atoms with Crippen molar-refractivity contribution in [3.63, 3.8) is 0 Å². The third-order valence-electron chi connectivity index (χ3n) is 4.33. The van der Waals surface area contributed by atoms with Crippen LogP contribution in [0.25, 0.3) is 0 Å². The van der Waals surface area contributed by atoms with Crippen LogP contribution in [0.2, 0.25) is 0 Å². The van der Waals surface area contributed by atoms with E-state index >= 15 is 0 Å². The van der Waals surface area contributed by atoms with Crippen LogP contribution in [-0.2, 0) is 20.8 Å². The Labute approximate surface area is 191 Å². The summed E-state index contributed by atoms with van der Waals surface area (Å²) >= 11 is 0. The maximum Gasteiger partial charge on any atom is 0.191 e. The average Bonchev–Trinajstić information content (AvgIpc) is 3.23. The summed E-state index contributed by atoms with van der Waals surface area (Å²) in [4.78, 5) is 4.64. The lowest BCUT2D eigenvalue weighted by Gasteiger charge is -2.13. The quantitative estimate of drug-likeness (QED) is 0.180. The van der Waals surface area contributed by atoms with Gasteiger partial charge in [-0.2, -0.15) is 0 Å². The van der Waals surface area contributed by atoms with Gasteiger partial charge in [0.2, 0.25) is 0 Å². The molecule has 1 heterocycles. The van der Waals surface area contributed by atoms with E-state index in [1.807, 2.05) is 24.3 Å². The first-order chi connectivity index (χ1) is 13.8. The van der Waals surface area contributed by atoms with E-state index < -0.39 is 0 Å². The minimum atomic E-state index is 0. The van der Waals surface area contributed by atoms with Crippen molar-refractivity contribution < 1.29 is 18.9 Å². The molecule has 29 heavy (non-hydrogen) atoms. The summed E-state index contributed by atoms with van der Waals surface area (Å²) in [5, 5.41) is 6.63. The highest BCUT2D eigenvalue weighted by atomic mass is 127. The SMILES string of the molecule is CCNC(=NCc1ccc(OCCOC)cc1)NCCCOCC1CCCO1.I. The Balaban J connectivity index is 0.00000420. The van der Waals surface area contributed by atoms with Gasteiger partial charge in [0.15, 0.2) is 5.96 Å². The van der Waals surface area contributed by atoms with Crippen molar-refractivity contribution in [1.82, 2.24) is 10.6 Å². The van der Waals surface area contributed by atoms with Crippen LogP contribution in [0.5, 0.6) is 5.75 Å². The second-order valence-corrected chi connectivity index (χ2v) is 6.67. The molecular weight excluding hydrogens is 485 g/mol. The standard InChI is InChI=1S/C21H35N3O4.HI/c1-3-22-21(23-11-5-12-26-17-20-6-4-13-27-20)24-16-18-7-9-19(10-8-18)28-15-14-25-2;/h7-10,20H,3-6,11-17H2,1-2H3,(H2,22,23,24);1H. The van der Waals surface area contributed by atoms with E-state index in [0.717, 1.165) is 62.8 Å². The van der Waals surface area contributed by atoms with E-state index in [-0.39, 0.29) is 24.0 Å². The van der Waals surface area contributed by atoms with Crippen molar-refractivity contribution in [2.45, 2.75) is 38.8 Å². The van der Waals surface area contributed by atoms with Gasteiger partial charge in [-0.05, 0) is 43.9 Å². The number of nitrogens with zero attached hydrogens (tertiary/aromatic N) is 1. The van der Waals surface area contributed by atoms with Crippen LogP contribution in [0.3, 0.4) is 0 Å². The van der Waals surface area contributed by atoms with Gasteiger partial charge in [-0.1, -0.05) is 12.1 Å². The molecule has 0 radical (unpaired) electrons. The van der Waals surface area contributed by atoms with Crippen LogP contribution in [0.15, 0.2) is 29.3 Å². The number of nitrogens with one attached hydrogen (secondary N) is 2. The van der Waals surface area contributed by atoms with Gasteiger partial charge < -0.3 is 29.6 Å². The Morgan fingerprint density at radius 1 is 1.17 bits per heavy atom. The minimum absolute atomic E-state index is 0. The number of benzene rings is 1. The second-order valence-electron chi connectivity index (χ2n) is 6.67. The zero-order chi connectivity index (χ0) is 19.9. The Morgan fingerprint density at radius 3 is 2.69 bits per heavy atom. The number of methoxy groups -OCH3 is 1. The molecular formula is C21H36IN3O4. The summed E-state index contributed by atoms with van der Waals surface area (Å²) in [5.41, 5.74) is 1.14. The number of hydrogen-bond acceptors (Lipinski definition) is 5. The van der Waals surface area contributed by atoms with Gasteiger partial charge in [-0.25, -0.2) is 4.99 Å². The molecule has 7 nitrogen and oxygen atoms in total. The van der Waals surface area contributed by atoms with E-state index in [2.05, 4.69) is 22.5 Å². The lowest BCUT2D eigenvalue weighted by atomic mass is 10.2. The molecule has 1 atom stereocenters. The fraction of sp³-hybridized carbons (Fsp3) is 0.667. The summed E-state index contributed by atoms with van der Waals surface area (Å²) in [6.45, 7) is 7.79. The smallest absolute Gasteiger partial charge is 0.191 e. The molecule has 0 amide bonds. The number of halogens is 1. The van der Waals surface area contributed by atoms with Gasteiger partial charge >= 0.3 is 0 Å². The van der Waals surface area contributed by atoms with E-state index in [1.54, 1.807) is 7.11 Å². The summed E-state index contributed by atoms with van der Waals surface area (Å²) < 4.78 is 21.8.